The molecule has 3 nitrogen and oxygen atoms in total. The quantitative estimate of drug-likeness (QED) is 0.819. The van der Waals surface area contributed by atoms with Crippen LogP contribution in [0.15, 0.2) is 22.7 Å². The number of benzene rings is 1. The van der Waals surface area contributed by atoms with E-state index < -0.39 is 0 Å². The van der Waals surface area contributed by atoms with Gasteiger partial charge in [-0.25, -0.2) is 0 Å². The number of halogens is 1. The first-order valence-electron chi connectivity index (χ1n) is 5.56. The third-order valence-corrected chi connectivity index (χ3v) is 3.73. The molecule has 2 unspecified atom stereocenters. The van der Waals surface area contributed by atoms with Crippen LogP contribution < -0.4 is 10.6 Å². The van der Waals surface area contributed by atoms with Gasteiger partial charge >= 0.3 is 0 Å². The Morgan fingerprint density at radius 2 is 2.31 bits per heavy atom. The normalized spacial score (nSPS) is 22.4. The van der Waals surface area contributed by atoms with Gasteiger partial charge in [0.15, 0.2) is 0 Å². The molecule has 0 radical (unpaired) electrons. The molecule has 88 valence electrons. The molecule has 0 saturated carbocycles. The Bertz CT molecular complexity index is 381. The highest BCUT2D eigenvalue weighted by atomic mass is 79.9. The summed E-state index contributed by atoms with van der Waals surface area (Å²) in [6, 6.07) is 5.95. The molecule has 1 saturated heterocycles. The summed E-state index contributed by atoms with van der Waals surface area (Å²) in [7, 11) is 0. The molecule has 4 heteroatoms. The molecule has 1 fully saturated rings. The van der Waals surface area contributed by atoms with Crippen molar-refractivity contribution >= 4 is 27.3 Å². The van der Waals surface area contributed by atoms with Crippen molar-refractivity contribution in [3.63, 3.8) is 0 Å². The standard InChI is InChI=1S/C12H17BrN2O/c1-8(16)9-4-5-15(7-9)12-3-2-10(13)6-11(12)14/h2-3,6,8-9,16H,4-5,7,14H2,1H3. The van der Waals surface area contributed by atoms with Crippen LogP contribution in [-0.2, 0) is 0 Å². The number of aliphatic hydroxyl groups is 1. The first kappa shape index (κ1) is 11.7. The number of aliphatic hydroxyl groups excluding tert-OH is 1. The van der Waals surface area contributed by atoms with Crippen LogP contribution in [0.4, 0.5) is 11.4 Å². The molecule has 1 heterocycles. The second-order valence-corrected chi connectivity index (χ2v) is 5.35. The van der Waals surface area contributed by atoms with E-state index in [1.807, 2.05) is 25.1 Å². The Hall–Kier alpha value is -0.740. The maximum Gasteiger partial charge on any atom is 0.0600 e. The van der Waals surface area contributed by atoms with Crippen LogP contribution in [0.3, 0.4) is 0 Å². The van der Waals surface area contributed by atoms with Crippen molar-refractivity contribution in [1.82, 2.24) is 0 Å². The van der Waals surface area contributed by atoms with Crippen LogP contribution in [0.1, 0.15) is 13.3 Å². The van der Waals surface area contributed by atoms with Gasteiger partial charge in [-0.1, -0.05) is 15.9 Å². The summed E-state index contributed by atoms with van der Waals surface area (Å²) in [5.74, 6) is 0.364. The highest BCUT2D eigenvalue weighted by Crippen LogP contribution is 2.31. The van der Waals surface area contributed by atoms with Gasteiger partial charge in [-0.3, -0.25) is 0 Å². The summed E-state index contributed by atoms with van der Waals surface area (Å²) in [5, 5.41) is 9.56. The number of hydrogen-bond acceptors (Lipinski definition) is 3. The molecule has 0 spiro atoms. The lowest BCUT2D eigenvalue weighted by atomic mass is 10.0. The van der Waals surface area contributed by atoms with Gasteiger partial charge in [0.05, 0.1) is 17.5 Å². The van der Waals surface area contributed by atoms with Gasteiger partial charge in [0, 0.05) is 23.5 Å². The van der Waals surface area contributed by atoms with E-state index in [1.165, 1.54) is 0 Å². The molecule has 2 rings (SSSR count). The maximum absolute atomic E-state index is 9.56. The lowest BCUT2D eigenvalue weighted by Gasteiger charge is -2.21. The van der Waals surface area contributed by atoms with E-state index in [1.54, 1.807) is 0 Å². The summed E-state index contributed by atoms with van der Waals surface area (Å²) >= 11 is 3.40. The summed E-state index contributed by atoms with van der Waals surface area (Å²) < 4.78 is 1.00. The van der Waals surface area contributed by atoms with Gasteiger partial charge in [-0.15, -0.1) is 0 Å². The molecule has 0 aromatic heterocycles. The topological polar surface area (TPSA) is 49.5 Å². The molecule has 16 heavy (non-hydrogen) atoms. The Morgan fingerprint density at radius 3 is 2.88 bits per heavy atom. The minimum atomic E-state index is -0.235. The van der Waals surface area contributed by atoms with Crippen molar-refractivity contribution in [1.29, 1.82) is 0 Å². The second kappa shape index (κ2) is 4.63. The van der Waals surface area contributed by atoms with Crippen molar-refractivity contribution in [3.8, 4) is 0 Å². The molecular formula is C12H17BrN2O. The average molecular weight is 285 g/mol. The van der Waals surface area contributed by atoms with Crippen molar-refractivity contribution in [3.05, 3.63) is 22.7 Å². The smallest absolute Gasteiger partial charge is 0.0600 e. The maximum atomic E-state index is 9.56. The molecule has 2 atom stereocenters. The molecule has 1 aliphatic rings. The zero-order valence-corrected chi connectivity index (χ0v) is 10.9. The predicted molar refractivity (Wildman–Crippen MR) is 70.6 cm³/mol. The van der Waals surface area contributed by atoms with Gasteiger partial charge in [0.25, 0.3) is 0 Å². The SMILES string of the molecule is CC(O)C1CCN(c2ccc(Br)cc2N)C1. The van der Waals surface area contributed by atoms with Crippen molar-refractivity contribution in [2.24, 2.45) is 5.92 Å². The van der Waals surface area contributed by atoms with Crippen LogP contribution in [0.25, 0.3) is 0 Å². The fourth-order valence-corrected chi connectivity index (χ4v) is 2.59. The van der Waals surface area contributed by atoms with Crippen LogP contribution in [-0.4, -0.2) is 24.3 Å². The summed E-state index contributed by atoms with van der Waals surface area (Å²) in [6.07, 6.45) is 0.800. The predicted octanol–water partition coefficient (Wildman–Crippen LogP) is 2.24. The minimum absolute atomic E-state index is 0.235. The Morgan fingerprint density at radius 1 is 1.56 bits per heavy atom. The highest BCUT2D eigenvalue weighted by molar-refractivity contribution is 9.10. The average Bonchev–Trinajstić information content (AvgIpc) is 2.66. The molecule has 3 N–H and O–H groups in total. The fourth-order valence-electron chi connectivity index (χ4n) is 2.21. The minimum Gasteiger partial charge on any atom is -0.397 e. The van der Waals surface area contributed by atoms with E-state index >= 15 is 0 Å². The van der Waals surface area contributed by atoms with Gasteiger partial charge in [-0.2, -0.15) is 0 Å². The summed E-state index contributed by atoms with van der Waals surface area (Å²) in [4.78, 5) is 2.25. The third-order valence-electron chi connectivity index (χ3n) is 3.24. The van der Waals surface area contributed by atoms with E-state index in [9.17, 15) is 5.11 Å². The molecule has 1 aromatic rings. The Balaban J connectivity index is 2.14. The monoisotopic (exact) mass is 284 g/mol. The van der Waals surface area contributed by atoms with Crippen LogP contribution in [0.5, 0.6) is 0 Å². The fraction of sp³-hybridized carbons (Fsp3) is 0.500. The molecule has 1 aromatic carbocycles. The molecule has 0 aliphatic carbocycles. The largest absolute Gasteiger partial charge is 0.397 e. The first-order chi connectivity index (χ1) is 7.58. The Kier molecular flexibility index (Phi) is 3.40. The van der Waals surface area contributed by atoms with Gasteiger partial charge in [0.2, 0.25) is 0 Å². The van der Waals surface area contributed by atoms with Crippen molar-refractivity contribution in [2.75, 3.05) is 23.7 Å². The Labute approximate surface area is 104 Å². The number of anilines is 2. The molecule has 0 amide bonds. The lowest BCUT2D eigenvalue weighted by Crippen LogP contribution is -2.24. The van der Waals surface area contributed by atoms with Gasteiger partial charge in [0.1, 0.15) is 0 Å². The second-order valence-electron chi connectivity index (χ2n) is 4.44. The van der Waals surface area contributed by atoms with E-state index in [4.69, 9.17) is 5.73 Å². The number of nitrogens with zero attached hydrogens (tertiary/aromatic N) is 1. The lowest BCUT2D eigenvalue weighted by molar-refractivity contribution is 0.136. The number of hydrogen-bond donors (Lipinski definition) is 2. The van der Waals surface area contributed by atoms with E-state index in [0.29, 0.717) is 5.92 Å². The molecule has 1 aliphatic heterocycles. The zero-order chi connectivity index (χ0) is 11.7. The van der Waals surface area contributed by atoms with Crippen LogP contribution in [0, 0.1) is 5.92 Å². The van der Waals surface area contributed by atoms with Crippen LogP contribution in [0.2, 0.25) is 0 Å². The van der Waals surface area contributed by atoms with Crippen molar-refractivity contribution in [2.45, 2.75) is 19.4 Å². The van der Waals surface area contributed by atoms with E-state index in [2.05, 4.69) is 20.8 Å². The van der Waals surface area contributed by atoms with Gasteiger partial charge < -0.3 is 15.7 Å². The number of rotatable bonds is 2. The van der Waals surface area contributed by atoms with Gasteiger partial charge in [-0.05, 0) is 31.5 Å². The van der Waals surface area contributed by atoms with Crippen LogP contribution >= 0.6 is 15.9 Å². The molecule has 0 bridgehead atoms. The molecular weight excluding hydrogens is 268 g/mol. The van der Waals surface area contributed by atoms with Crippen molar-refractivity contribution < 1.29 is 5.11 Å². The van der Waals surface area contributed by atoms with E-state index in [-0.39, 0.29) is 6.10 Å². The zero-order valence-electron chi connectivity index (χ0n) is 9.36. The summed E-state index contributed by atoms with van der Waals surface area (Å²) in [5.41, 5.74) is 7.86. The first-order valence-corrected chi connectivity index (χ1v) is 6.35. The third kappa shape index (κ3) is 2.33. The summed E-state index contributed by atoms with van der Waals surface area (Å²) in [6.45, 7) is 3.73. The highest BCUT2D eigenvalue weighted by Gasteiger charge is 2.26. The number of nitrogens with two attached hydrogens (primary N) is 1. The van der Waals surface area contributed by atoms with E-state index in [0.717, 1.165) is 35.4 Å². The number of nitrogen functional groups attached to an aromatic ring is 1.